The number of rotatable bonds is 5. The van der Waals surface area contributed by atoms with Gasteiger partial charge in [0.25, 0.3) is 0 Å². The van der Waals surface area contributed by atoms with Gasteiger partial charge in [0.1, 0.15) is 0 Å². The van der Waals surface area contributed by atoms with Gasteiger partial charge in [-0.2, -0.15) is 0 Å². The highest BCUT2D eigenvalue weighted by Gasteiger charge is 2.39. The highest BCUT2D eigenvalue weighted by atomic mass is 16.3. The third-order valence-corrected chi connectivity index (χ3v) is 5.06. The van der Waals surface area contributed by atoms with Crippen molar-refractivity contribution in [1.82, 2.24) is 5.32 Å². The Morgan fingerprint density at radius 2 is 1.95 bits per heavy atom. The molecule has 4 nitrogen and oxygen atoms in total. The van der Waals surface area contributed by atoms with Crippen LogP contribution in [-0.4, -0.2) is 34.9 Å². The minimum absolute atomic E-state index is 0.0420. The quantitative estimate of drug-likeness (QED) is 0.766. The summed E-state index contributed by atoms with van der Waals surface area (Å²) in [7, 11) is 0. The lowest BCUT2D eigenvalue weighted by atomic mass is 9.77. The lowest BCUT2D eigenvalue weighted by molar-refractivity contribution is -0.126. The first-order valence-corrected chi connectivity index (χ1v) is 8.41. The number of aliphatic hydroxyl groups is 1. The summed E-state index contributed by atoms with van der Waals surface area (Å²) in [6, 6.07) is 0.126. The second kappa shape index (κ2) is 6.91. The average molecular weight is 294 g/mol. The molecule has 2 fully saturated rings. The van der Waals surface area contributed by atoms with Gasteiger partial charge in [0.05, 0.1) is 11.5 Å². The van der Waals surface area contributed by atoms with Crippen LogP contribution in [0.2, 0.25) is 0 Å². The number of carbonyl (C=O) groups excluding carboxylic acids is 1. The van der Waals surface area contributed by atoms with Crippen molar-refractivity contribution in [3.05, 3.63) is 0 Å². The highest BCUT2D eigenvalue weighted by molar-refractivity contribution is 6.02. The maximum absolute atomic E-state index is 12.2. The molecule has 0 aromatic heterocycles. The van der Waals surface area contributed by atoms with Crippen molar-refractivity contribution in [1.29, 1.82) is 0 Å². The Kier molecular flexibility index (Phi) is 5.42. The smallest absolute Gasteiger partial charge is 0.228 e. The van der Waals surface area contributed by atoms with Crippen LogP contribution in [0.4, 0.5) is 0 Å². The second-order valence-electron chi connectivity index (χ2n) is 7.32. The largest absolute Gasteiger partial charge is 0.390 e. The normalized spacial score (nSPS) is 32.4. The van der Waals surface area contributed by atoms with E-state index in [-0.39, 0.29) is 17.9 Å². The van der Waals surface area contributed by atoms with E-state index in [1.807, 2.05) is 20.8 Å². The fourth-order valence-electron chi connectivity index (χ4n) is 3.40. The minimum atomic E-state index is -0.592. The molecule has 0 saturated heterocycles. The van der Waals surface area contributed by atoms with Gasteiger partial charge in [-0.25, -0.2) is 0 Å². The van der Waals surface area contributed by atoms with E-state index in [1.54, 1.807) is 0 Å². The number of carbonyl (C=O) groups is 1. The molecule has 0 spiro atoms. The molecule has 2 rings (SSSR count). The van der Waals surface area contributed by atoms with Crippen LogP contribution in [0, 0.1) is 11.8 Å². The molecule has 0 heterocycles. The van der Waals surface area contributed by atoms with E-state index in [2.05, 4.69) is 10.3 Å². The predicted octanol–water partition coefficient (Wildman–Crippen LogP) is 2.69. The van der Waals surface area contributed by atoms with Crippen LogP contribution in [0.3, 0.4) is 0 Å². The maximum atomic E-state index is 12.2. The fourth-order valence-corrected chi connectivity index (χ4v) is 3.40. The van der Waals surface area contributed by atoms with Crippen LogP contribution in [0.15, 0.2) is 4.99 Å². The van der Waals surface area contributed by atoms with Crippen molar-refractivity contribution >= 4 is 11.6 Å². The van der Waals surface area contributed by atoms with E-state index in [4.69, 9.17) is 0 Å². The SMILES string of the molecule is CC(=NCC1CCCCC1)C(C)C(=O)NC1CC(C)(O)C1. The standard InChI is InChI=1S/C17H30N2O2/c1-12(16(20)19-15-9-17(3,21)10-15)13(2)18-11-14-7-5-4-6-8-14/h12,14-15,21H,4-11H2,1-3H3,(H,19,20). The molecule has 2 aliphatic rings. The van der Waals surface area contributed by atoms with E-state index < -0.39 is 5.60 Å². The molecule has 0 aliphatic heterocycles. The monoisotopic (exact) mass is 294 g/mol. The third-order valence-electron chi connectivity index (χ3n) is 5.06. The van der Waals surface area contributed by atoms with Crippen molar-refractivity contribution in [2.75, 3.05) is 6.54 Å². The van der Waals surface area contributed by atoms with Crippen molar-refractivity contribution in [2.24, 2.45) is 16.8 Å². The summed E-state index contributed by atoms with van der Waals surface area (Å²) >= 11 is 0. The van der Waals surface area contributed by atoms with Gasteiger partial charge in [-0.15, -0.1) is 0 Å². The Morgan fingerprint density at radius 3 is 2.52 bits per heavy atom. The van der Waals surface area contributed by atoms with Gasteiger partial charge in [0.2, 0.25) is 5.91 Å². The van der Waals surface area contributed by atoms with Crippen molar-refractivity contribution in [3.8, 4) is 0 Å². The van der Waals surface area contributed by atoms with Crippen molar-refractivity contribution in [3.63, 3.8) is 0 Å². The molecule has 1 atom stereocenters. The Bertz CT molecular complexity index is 390. The zero-order chi connectivity index (χ0) is 15.5. The average Bonchev–Trinajstić information content (AvgIpc) is 2.43. The van der Waals surface area contributed by atoms with Gasteiger partial charge in [-0.3, -0.25) is 9.79 Å². The molecule has 0 radical (unpaired) electrons. The number of hydrogen-bond acceptors (Lipinski definition) is 3. The highest BCUT2D eigenvalue weighted by Crippen LogP contribution is 2.31. The molecule has 1 unspecified atom stereocenters. The van der Waals surface area contributed by atoms with Gasteiger partial charge in [0, 0.05) is 18.3 Å². The summed E-state index contributed by atoms with van der Waals surface area (Å²) < 4.78 is 0. The molecular formula is C17H30N2O2. The van der Waals surface area contributed by atoms with E-state index >= 15 is 0 Å². The summed E-state index contributed by atoms with van der Waals surface area (Å²) in [5.41, 5.74) is 0.342. The molecule has 0 aromatic carbocycles. The summed E-state index contributed by atoms with van der Waals surface area (Å²) in [6.45, 7) is 6.58. The Morgan fingerprint density at radius 1 is 1.33 bits per heavy atom. The zero-order valence-corrected chi connectivity index (χ0v) is 13.7. The Labute approximate surface area is 128 Å². The summed E-state index contributed by atoms with van der Waals surface area (Å²) in [5.74, 6) is 0.588. The lowest BCUT2D eigenvalue weighted by Crippen LogP contribution is -2.54. The molecule has 2 N–H and O–H groups in total. The van der Waals surface area contributed by atoms with Crippen LogP contribution in [-0.2, 0) is 4.79 Å². The molecule has 4 heteroatoms. The topological polar surface area (TPSA) is 61.7 Å². The number of aliphatic imine (C=N–C) groups is 1. The first-order valence-electron chi connectivity index (χ1n) is 8.41. The second-order valence-corrected chi connectivity index (χ2v) is 7.32. The number of nitrogens with zero attached hydrogens (tertiary/aromatic N) is 1. The van der Waals surface area contributed by atoms with Crippen LogP contribution >= 0.6 is 0 Å². The molecular weight excluding hydrogens is 264 g/mol. The van der Waals surface area contributed by atoms with Gasteiger partial charge >= 0.3 is 0 Å². The van der Waals surface area contributed by atoms with E-state index in [1.165, 1.54) is 32.1 Å². The lowest BCUT2D eigenvalue weighted by Gasteiger charge is -2.41. The minimum Gasteiger partial charge on any atom is -0.390 e. The maximum Gasteiger partial charge on any atom is 0.228 e. The first-order chi connectivity index (χ1) is 9.87. The van der Waals surface area contributed by atoms with Crippen molar-refractivity contribution < 1.29 is 9.90 Å². The number of nitrogens with one attached hydrogen (secondary N) is 1. The molecule has 0 aromatic rings. The van der Waals surface area contributed by atoms with Crippen molar-refractivity contribution in [2.45, 2.75) is 77.4 Å². The summed E-state index contributed by atoms with van der Waals surface area (Å²) in [6.07, 6.45) is 7.91. The van der Waals surface area contributed by atoms with E-state index in [0.717, 1.165) is 12.3 Å². The number of amides is 1. The molecule has 2 saturated carbocycles. The zero-order valence-electron chi connectivity index (χ0n) is 13.7. The van der Waals surface area contributed by atoms with Crippen LogP contribution in [0.1, 0.15) is 65.7 Å². The van der Waals surface area contributed by atoms with Gasteiger partial charge in [-0.1, -0.05) is 19.3 Å². The summed E-state index contributed by atoms with van der Waals surface area (Å²) in [4.78, 5) is 16.8. The molecule has 2 aliphatic carbocycles. The van der Waals surface area contributed by atoms with Crippen LogP contribution in [0.25, 0.3) is 0 Å². The van der Waals surface area contributed by atoms with E-state index in [0.29, 0.717) is 18.8 Å². The van der Waals surface area contributed by atoms with Crippen LogP contribution < -0.4 is 5.32 Å². The third kappa shape index (κ3) is 4.80. The Balaban J connectivity index is 1.75. The Hall–Kier alpha value is -0.900. The van der Waals surface area contributed by atoms with E-state index in [9.17, 15) is 9.90 Å². The number of hydrogen-bond donors (Lipinski definition) is 2. The first kappa shape index (κ1) is 16.5. The summed E-state index contributed by atoms with van der Waals surface area (Å²) in [5, 5.41) is 12.7. The fraction of sp³-hybridized carbons (Fsp3) is 0.882. The van der Waals surface area contributed by atoms with Gasteiger partial charge in [-0.05, 0) is 52.4 Å². The molecule has 120 valence electrons. The van der Waals surface area contributed by atoms with Gasteiger partial charge in [0.15, 0.2) is 0 Å². The van der Waals surface area contributed by atoms with Gasteiger partial charge < -0.3 is 10.4 Å². The predicted molar refractivity (Wildman–Crippen MR) is 85.5 cm³/mol. The van der Waals surface area contributed by atoms with Crippen LogP contribution in [0.5, 0.6) is 0 Å². The molecule has 1 amide bonds. The molecule has 21 heavy (non-hydrogen) atoms. The molecule has 0 bridgehead atoms.